The Hall–Kier alpha value is -1.24. The molecule has 0 atom stereocenters. The molecule has 0 aromatic heterocycles. The predicted molar refractivity (Wildman–Crippen MR) is 58.5 cm³/mol. The summed E-state index contributed by atoms with van der Waals surface area (Å²) in [7, 11) is 1.66. The van der Waals surface area contributed by atoms with Crippen LogP contribution in [0.15, 0.2) is 47.8 Å². The van der Waals surface area contributed by atoms with Gasteiger partial charge in [-0.3, -0.25) is 0 Å². The molecule has 0 unspecified atom stereocenters. The van der Waals surface area contributed by atoms with Gasteiger partial charge in [-0.25, -0.2) is 0 Å². The molecule has 13 heavy (non-hydrogen) atoms. The highest BCUT2D eigenvalue weighted by Crippen LogP contribution is 2.09. The zero-order valence-corrected chi connectivity index (χ0v) is 8.92. The van der Waals surface area contributed by atoms with Crippen molar-refractivity contribution < 1.29 is 4.74 Å². The van der Waals surface area contributed by atoms with Crippen LogP contribution in [-0.4, -0.2) is 7.11 Å². The topological polar surface area (TPSA) is 9.23 Å². The van der Waals surface area contributed by atoms with Crippen molar-refractivity contribution in [3.05, 3.63) is 47.8 Å². The van der Waals surface area contributed by atoms with E-state index in [-0.39, 0.29) is 0 Å². The van der Waals surface area contributed by atoms with E-state index < -0.39 is 0 Å². The number of hydrogen-bond acceptors (Lipinski definition) is 1. The van der Waals surface area contributed by atoms with Gasteiger partial charge < -0.3 is 4.74 Å². The second kappa shape index (κ2) is 6.30. The van der Waals surface area contributed by atoms with Crippen molar-refractivity contribution in [2.75, 3.05) is 7.11 Å². The van der Waals surface area contributed by atoms with Crippen molar-refractivity contribution >= 4 is 0 Å². The van der Waals surface area contributed by atoms with Crippen LogP contribution in [0.4, 0.5) is 0 Å². The van der Waals surface area contributed by atoms with E-state index in [2.05, 4.69) is 6.58 Å². The summed E-state index contributed by atoms with van der Waals surface area (Å²) in [5.74, 6) is 0.862. The lowest BCUT2D eigenvalue weighted by Crippen LogP contribution is -1.82. The van der Waals surface area contributed by atoms with Crippen LogP contribution < -0.4 is 0 Å². The Labute approximate surface area is 81.1 Å². The van der Waals surface area contributed by atoms with Gasteiger partial charge in [-0.05, 0) is 38.5 Å². The maximum Gasteiger partial charge on any atom is 0.114 e. The Kier molecular flexibility index (Phi) is 5.69. The average Bonchev–Trinajstić information content (AvgIpc) is 2.12. The van der Waals surface area contributed by atoms with E-state index in [0.29, 0.717) is 0 Å². The van der Waals surface area contributed by atoms with Crippen LogP contribution in [-0.2, 0) is 4.74 Å². The molecule has 0 N–H and O–H groups in total. The first kappa shape index (κ1) is 11.8. The molecular formula is C12H18O. The lowest BCUT2D eigenvalue weighted by atomic mass is 10.1. The maximum absolute atomic E-state index is 5.09. The van der Waals surface area contributed by atoms with Crippen molar-refractivity contribution in [1.29, 1.82) is 0 Å². The highest BCUT2D eigenvalue weighted by molar-refractivity contribution is 5.38. The van der Waals surface area contributed by atoms with E-state index in [1.807, 2.05) is 45.1 Å². The fourth-order valence-corrected chi connectivity index (χ4v) is 0.939. The third-order valence-corrected chi connectivity index (χ3v) is 1.75. The second-order valence-corrected chi connectivity index (χ2v) is 2.75. The van der Waals surface area contributed by atoms with Gasteiger partial charge in [0.15, 0.2) is 0 Å². The molecule has 0 fully saturated rings. The molecule has 0 aromatic carbocycles. The summed E-state index contributed by atoms with van der Waals surface area (Å²) >= 11 is 0. The summed E-state index contributed by atoms with van der Waals surface area (Å²) in [5.41, 5.74) is 2.20. The zero-order valence-electron chi connectivity index (χ0n) is 8.92. The summed E-state index contributed by atoms with van der Waals surface area (Å²) in [6.45, 7) is 9.80. The fraction of sp³-hybridized carbons (Fsp3) is 0.333. The molecule has 0 aliphatic carbocycles. The van der Waals surface area contributed by atoms with Gasteiger partial charge in [-0.1, -0.05) is 24.3 Å². The zero-order chi connectivity index (χ0) is 10.3. The Morgan fingerprint density at radius 1 is 1.15 bits per heavy atom. The fourth-order valence-electron chi connectivity index (χ4n) is 0.939. The number of hydrogen-bond donors (Lipinski definition) is 0. The van der Waals surface area contributed by atoms with E-state index in [1.54, 1.807) is 7.11 Å². The Balaban J connectivity index is 4.50. The first-order valence-electron chi connectivity index (χ1n) is 4.36. The molecule has 0 rings (SSSR count). The van der Waals surface area contributed by atoms with E-state index in [4.69, 9.17) is 4.74 Å². The van der Waals surface area contributed by atoms with E-state index in [0.717, 1.165) is 16.9 Å². The van der Waals surface area contributed by atoms with Gasteiger partial charge in [0.05, 0.1) is 7.11 Å². The number of ether oxygens (including phenoxy) is 1. The van der Waals surface area contributed by atoms with Crippen molar-refractivity contribution in [3.8, 4) is 0 Å². The highest BCUT2D eigenvalue weighted by Gasteiger charge is 1.91. The largest absolute Gasteiger partial charge is 0.497 e. The van der Waals surface area contributed by atoms with Gasteiger partial charge in [0.25, 0.3) is 0 Å². The minimum atomic E-state index is 0.862. The molecule has 0 spiro atoms. The van der Waals surface area contributed by atoms with Crippen LogP contribution in [0.2, 0.25) is 0 Å². The summed E-state index contributed by atoms with van der Waals surface area (Å²) in [6.07, 6.45) is 7.88. The van der Waals surface area contributed by atoms with Crippen LogP contribution in [0.25, 0.3) is 0 Å². The Bertz CT molecular complexity index is 254. The van der Waals surface area contributed by atoms with Crippen LogP contribution in [0.3, 0.4) is 0 Å². The van der Waals surface area contributed by atoms with Gasteiger partial charge in [0.1, 0.15) is 5.76 Å². The monoisotopic (exact) mass is 178 g/mol. The molecule has 72 valence electrons. The van der Waals surface area contributed by atoms with E-state index >= 15 is 0 Å². The molecule has 0 saturated heterocycles. The number of methoxy groups -OCH3 is 1. The Morgan fingerprint density at radius 3 is 2.08 bits per heavy atom. The van der Waals surface area contributed by atoms with Crippen LogP contribution in [0.1, 0.15) is 20.8 Å². The van der Waals surface area contributed by atoms with Crippen molar-refractivity contribution in [2.24, 2.45) is 0 Å². The SMILES string of the molecule is C=C(C)C(C=CC(=CC)OC)=CC. The first-order valence-corrected chi connectivity index (χ1v) is 4.36. The summed E-state index contributed by atoms with van der Waals surface area (Å²) < 4.78 is 5.09. The highest BCUT2D eigenvalue weighted by atomic mass is 16.5. The molecule has 1 heteroatoms. The molecule has 0 saturated carbocycles. The first-order chi connectivity index (χ1) is 6.15. The summed E-state index contributed by atoms with van der Waals surface area (Å²) in [5, 5.41) is 0. The van der Waals surface area contributed by atoms with Gasteiger partial charge in [0, 0.05) is 0 Å². The van der Waals surface area contributed by atoms with Gasteiger partial charge in [0.2, 0.25) is 0 Å². The van der Waals surface area contributed by atoms with Crippen molar-refractivity contribution in [2.45, 2.75) is 20.8 Å². The minimum absolute atomic E-state index is 0.862. The van der Waals surface area contributed by atoms with Gasteiger partial charge >= 0.3 is 0 Å². The molecule has 0 radical (unpaired) electrons. The molecular weight excluding hydrogens is 160 g/mol. The van der Waals surface area contributed by atoms with Gasteiger partial charge in [-0.15, -0.1) is 0 Å². The Morgan fingerprint density at radius 2 is 1.77 bits per heavy atom. The van der Waals surface area contributed by atoms with E-state index in [9.17, 15) is 0 Å². The maximum atomic E-state index is 5.09. The molecule has 0 bridgehead atoms. The lowest BCUT2D eigenvalue weighted by Gasteiger charge is -2.00. The minimum Gasteiger partial charge on any atom is -0.497 e. The third kappa shape index (κ3) is 4.36. The lowest BCUT2D eigenvalue weighted by molar-refractivity contribution is 0.306. The predicted octanol–water partition coefficient (Wildman–Crippen LogP) is 3.62. The average molecular weight is 178 g/mol. The number of rotatable bonds is 4. The quantitative estimate of drug-likeness (QED) is 0.472. The molecule has 0 aliphatic heterocycles. The molecule has 1 nitrogen and oxygen atoms in total. The normalized spacial score (nSPS) is 13.5. The number of allylic oxidation sites excluding steroid dienone is 6. The summed E-state index contributed by atoms with van der Waals surface area (Å²) in [4.78, 5) is 0. The van der Waals surface area contributed by atoms with Gasteiger partial charge in [-0.2, -0.15) is 0 Å². The summed E-state index contributed by atoms with van der Waals surface area (Å²) in [6, 6.07) is 0. The molecule has 0 heterocycles. The third-order valence-electron chi connectivity index (χ3n) is 1.75. The van der Waals surface area contributed by atoms with Crippen LogP contribution in [0.5, 0.6) is 0 Å². The van der Waals surface area contributed by atoms with E-state index in [1.165, 1.54) is 0 Å². The van der Waals surface area contributed by atoms with Crippen molar-refractivity contribution in [1.82, 2.24) is 0 Å². The molecule has 0 aliphatic rings. The molecule has 0 amide bonds. The van der Waals surface area contributed by atoms with Crippen LogP contribution >= 0.6 is 0 Å². The second-order valence-electron chi connectivity index (χ2n) is 2.75. The standard InChI is InChI=1S/C12H18O/c1-6-11(10(3)4)8-9-12(7-2)13-5/h6-9H,3H2,1-2,4-5H3. The molecule has 0 aromatic rings. The smallest absolute Gasteiger partial charge is 0.114 e. The van der Waals surface area contributed by atoms with Crippen molar-refractivity contribution in [3.63, 3.8) is 0 Å². The van der Waals surface area contributed by atoms with Crippen LogP contribution in [0, 0.1) is 0 Å².